The molecule has 4 saturated carbocycles. The van der Waals surface area contributed by atoms with E-state index in [1.807, 2.05) is 0 Å². The molecule has 0 atom stereocenters. The van der Waals surface area contributed by atoms with Crippen molar-refractivity contribution in [3.8, 4) is 22.3 Å². The lowest BCUT2D eigenvalue weighted by molar-refractivity contribution is -0.00518. The van der Waals surface area contributed by atoms with E-state index in [4.69, 9.17) is 4.42 Å². The minimum Gasteiger partial charge on any atom is -0.456 e. The van der Waals surface area contributed by atoms with Gasteiger partial charge in [-0.05, 0) is 131 Å². The molecule has 4 aliphatic rings. The first-order valence-corrected chi connectivity index (χ1v) is 19.2. The van der Waals surface area contributed by atoms with Gasteiger partial charge in [-0.2, -0.15) is 0 Å². The first kappa shape index (κ1) is 30.1. The summed E-state index contributed by atoms with van der Waals surface area (Å²) < 4.78 is 6.48. The molecule has 1 heterocycles. The average molecular weight is 672 g/mol. The van der Waals surface area contributed by atoms with Gasteiger partial charge >= 0.3 is 0 Å². The average Bonchev–Trinajstić information content (AvgIpc) is 3.57. The molecule has 52 heavy (non-hydrogen) atoms. The van der Waals surface area contributed by atoms with Crippen LogP contribution in [0.2, 0.25) is 0 Å². The molecule has 7 aromatic carbocycles. The van der Waals surface area contributed by atoms with Crippen LogP contribution < -0.4 is 4.90 Å². The number of benzene rings is 7. The van der Waals surface area contributed by atoms with E-state index in [0.717, 1.165) is 51.1 Å². The topological polar surface area (TPSA) is 16.4 Å². The van der Waals surface area contributed by atoms with Crippen LogP contribution >= 0.6 is 0 Å². The first-order valence-electron chi connectivity index (χ1n) is 19.2. The molecule has 4 fully saturated rings. The summed E-state index contributed by atoms with van der Waals surface area (Å²) in [6.07, 6.45) is 8.50. The van der Waals surface area contributed by atoms with E-state index in [2.05, 4.69) is 163 Å². The Labute approximate surface area is 305 Å². The molecule has 0 N–H and O–H groups in total. The fraction of sp³-hybridized carbons (Fsp3) is 0.200. The van der Waals surface area contributed by atoms with Gasteiger partial charge in [-0.3, -0.25) is 0 Å². The molecule has 1 aromatic heterocycles. The van der Waals surface area contributed by atoms with Gasteiger partial charge in [0.1, 0.15) is 11.2 Å². The summed E-state index contributed by atoms with van der Waals surface area (Å²) in [7, 11) is 0. The monoisotopic (exact) mass is 671 g/mol. The second-order valence-electron chi connectivity index (χ2n) is 15.9. The third kappa shape index (κ3) is 4.70. The molecule has 252 valence electrons. The van der Waals surface area contributed by atoms with E-state index < -0.39 is 0 Å². The SMILES string of the molecule is c1ccc(-c2cccc3cccc(-c4ccccc4N(c4ccc(C56CC7CC(CC(C7)C5)C6)cc4)c4cccc5oc6ccccc6c45)c23)cc1. The minimum absolute atomic E-state index is 0.355. The summed E-state index contributed by atoms with van der Waals surface area (Å²) in [5.74, 6) is 2.76. The highest BCUT2D eigenvalue weighted by molar-refractivity contribution is 6.15. The highest BCUT2D eigenvalue weighted by Gasteiger charge is 2.51. The molecular weight excluding hydrogens is 631 g/mol. The van der Waals surface area contributed by atoms with Crippen LogP contribution in [0.25, 0.3) is 55.0 Å². The lowest BCUT2D eigenvalue weighted by Crippen LogP contribution is -2.48. The maximum atomic E-state index is 6.48. The fourth-order valence-electron chi connectivity index (χ4n) is 11.1. The highest BCUT2D eigenvalue weighted by Crippen LogP contribution is 2.61. The zero-order chi connectivity index (χ0) is 34.2. The van der Waals surface area contributed by atoms with Crippen molar-refractivity contribution in [1.29, 1.82) is 0 Å². The Kier molecular flexibility index (Phi) is 6.77. The van der Waals surface area contributed by atoms with Gasteiger partial charge in [0.25, 0.3) is 0 Å². The predicted molar refractivity (Wildman–Crippen MR) is 217 cm³/mol. The lowest BCUT2D eigenvalue weighted by Gasteiger charge is -2.57. The van der Waals surface area contributed by atoms with Crippen LogP contribution in [0.3, 0.4) is 0 Å². The van der Waals surface area contributed by atoms with E-state index in [0.29, 0.717) is 5.41 Å². The van der Waals surface area contributed by atoms with Crippen LogP contribution in [0.4, 0.5) is 17.1 Å². The van der Waals surface area contributed by atoms with Gasteiger partial charge < -0.3 is 9.32 Å². The Morgan fingerprint density at radius 3 is 1.83 bits per heavy atom. The Morgan fingerprint density at radius 2 is 1.06 bits per heavy atom. The number of para-hydroxylation sites is 2. The molecule has 0 aliphatic heterocycles. The lowest BCUT2D eigenvalue weighted by atomic mass is 9.48. The van der Waals surface area contributed by atoms with Crippen LogP contribution in [0.1, 0.15) is 44.1 Å². The third-order valence-electron chi connectivity index (χ3n) is 12.8. The molecule has 4 aliphatic carbocycles. The van der Waals surface area contributed by atoms with Gasteiger partial charge in [-0.25, -0.2) is 0 Å². The van der Waals surface area contributed by atoms with Crippen molar-refractivity contribution in [3.05, 3.63) is 163 Å². The van der Waals surface area contributed by atoms with Gasteiger partial charge in [-0.1, -0.05) is 121 Å². The summed E-state index contributed by atoms with van der Waals surface area (Å²) in [5.41, 5.74) is 12.1. The Hall–Kier alpha value is -5.60. The molecular formula is C50H41NO. The molecule has 0 amide bonds. The summed E-state index contributed by atoms with van der Waals surface area (Å²) in [6, 6.07) is 58.0. The second kappa shape index (κ2) is 11.7. The smallest absolute Gasteiger partial charge is 0.137 e. The summed E-state index contributed by atoms with van der Waals surface area (Å²) in [5, 5.41) is 4.79. The Bertz CT molecular complexity index is 2570. The highest BCUT2D eigenvalue weighted by atomic mass is 16.3. The quantitative estimate of drug-likeness (QED) is 0.175. The molecule has 0 spiro atoms. The normalized spacial score (nSPS) is 22.0. The first-order chi connectivity index (χ1) is 25.7. The van der Waals surface area contributed by atoms with E-state index in [1.165, 1.54) is 77.2 Å². The van der Waals surface area contributed by atoms with Crippen LogP contribution in [0.15, 0.2) is 162 Å². The van der Waals surface area contributed by atoms with Gasteiger partial charge in [0.15, 0.2) is 0 Å². The van der Waals surface area contributed by atoms with Crippen LogP contribution in [-0.4, -0.2) is 0 Å². The molecule has 0 radical (unpaired) electrons. The molecule has 4 bridgehead atoms. The maximum Gasteiger partial charge on any atom is 0.137 e. The summed E-state index contributed by atoms with van der Waals surface area (Å²) in [4.78, 5) is 2.49. The minimum atomic E-state index is 0.355. The molecule has 2 heteroatoms. The van der Waals surface area contributed by atoms with Crippen LogP contribution in [0.5, 0.6) is 0 Å². The zero-order valence-corrected chi connectivity index (χ0v) is 29.3. The number of hydrogen-bond donors (Lipinski definition) is 0. The third-order valence-corrected chi connectivity index (χ3v) is 12.8. The van der Waals surface area contributed by atoms with E-state index in [-0.39, 0.29) is 0 Å². The number of nitrogens with zero attached hydrogens (tertiary/aromatic N) is 1. The van der Waals surface area contributed by atoms with Gasteiger partial charge in [0, 0.05) is 16.6 Å². The van der Waals surface area contributed by atoms with Crippen molar-refractivity contribution in [1.82, 2.24) is 0 Å². The number of rotatable bonds is 6. The van der Waals surface area contributed by atoms with Gasteiger partial charge in [0.2, 0.25) is 0 Å². The van der Waals surface area contributed by atoms with E-state index in [9.17, 15) is 0 Å². The largest absolute Gasteiger partial charge is 0.456 e. The Balaban J connectivity index is 1.14. The molecule has 12 rings (SSSR count). The van der Waals surface area contributed by atoms with Gasteiger partial charge in [0.05, 0.1) is 16.8 Å². The summed E-state index contributed by atoms with van der Waals surface area (Å²) in [6.45, 7) is 0. The maximum absolute atomic E-state index is 6.48. The van der Waals surface area contributed by atoms with Crippen molar-refractivity contribution in [3.63, 3.8) is 0 Å². The summed E-state index contributed by atoms with van der Waals surface area (Å²) >= 11 is 0. The van der Waals surface area contributed by atoms with E-state index >= 15 is 0 Å². The molecule has 0 saturated heterocycles. The van der Waals surface area contributed by atoms with Crippen molar-refractivity contribution in [2.45, 2.75) is 43.9 Å². The fourth-order valence-corrected chi connectivity index (χ4v) is 11.1. The molecule has 8 aromatic rings. The zero-order valence-electron chi connectivity index (χ0n) is 29.3. The number of anilines is 3. The Morgan fingerprint density at radius 1 is 0.462 bits per heavy atom. The van der Waals surface area contributed by atoms with Crippen molar-refractivity contribution >= 4 is 49.8 Å². The van der Waals surface area contributed by atoms with Crippen LogP contribution in [-0.2, 0) is 5.41 Å². The van der Waals surface area contributed by atoms with Crippen molar-refractivity contribution in [2.24, 2.45) is 17.8 Å². The number of furan rings is 1. The van der Waals surface area contributed by atoms with E-state index in [1.54, 1.807) is 5.56 Å². The molecule has 2 nitrogen and oxygen atoms in total. The standard InChI is InChI=1S/C50H41NO/c1-2-11-36(12-3-1)40-17-8-13-37-14-9-18-42(48(37)40)41-15-4-6-19-44(41)51(45-20-10-22-47-49(45)43-16-5-7-21-46(43)52-47)39-25-23-38(24-26-39)50-30-33-27-34(31-50)29-35(28-33)32-50/h1-26,33-35H,27-32H2. The van der Waals surface area contributed by atoms with Crippen LogP contribution in [0, 0.1) is 17.8 Å². The second-order valence-corrected chi connectivity index (χ2v) is 15.9. The number of hydrogen-bond acceptors (Lipinski definition) is 2. The number of fused-ring (bicyclic) bond motifs is 4. The van der Waals surface area contributed by atoms with Gasteiger partial charge in [-0.15, -0.1) is 0 Å². The predicted octanol–water partition coefficient (Wildman–Crippen LogP) is 14.0. The van der Waals surface area contributed by atoms with Crippen molar-refractivity contribution < 1.29 is 4.42 Å². The van der Waals surface area contributed by atoms with Crippen molar-refractivity contribution in [2.75, 3.05) is 4.90 Å². The molecule has 0 unspecified atom stereocenters.